The van der Waals surface area contributed by atoms with E-state index in [-0.39, 0.29) is 0 Å². The minimum absolute atomic E-state index is 0.847. The molecule has 0 aliphatic carbocycles. The van der Waals surface area contributed by atoms with Crippen LogP contribution in [0.4, 0.5) is 5.82 Å². The highest BCUT2D eigenvalue weighted by molar-refractivity contribution is 5.44. The van der Waals surface area contributed by atoms with E-state index in [1.165, 1.54) is 0 Å². The van der Waals surface area contributed by atoms with Gasteiger partial charge in [-0.3, -0.25) is 0 Å². The lowest BCUT2D eigenvalue weighted by Crippen LogP contribution is -2.01. The summed E-state index contributed by atoms with van der Waals surface area (Å²) in [7, 11) is 1.85. The van der Waals surface area contributed by atoms with Crippen molar-refractivity contribution in [3.05, 3.63) is 35.8 Å². The van der Waals surface area contributed by atoms with E-state index >= 15 is 0 Å². The minimum atomic E-state index is 0.847. The molecule has 0 aromatic carbocycles. The maximum absolute atomic E-state index is 4.42. The van der Waals surface area contributed by atoms with Crippen LogP contribution < -0.4 is 5.32 Å². The Morgan fingerprint density at radius 2 is 2.07 bits per heavy atom. The zero-order chi connectivity index (χ0) is 10.8. The molecule has 2 heterocycles. The number of aryl methyl sites for hydroxylation is 2. The fourth-order valence-corrected chi connectivity index (χ4v) is 1.58. The van der Waals surface area contributed by atoms with Crippen molar-refractivity contribution in [2.45, 2.75) is 13.8 Å². The maximum atomic E-state index is 4.42. The first-order valence-corrected chi connectivity index (χ1v) is 4.88. The van der Waals surface area contributed by atoms with Gasteiger partial charge < -0.3 is 5.32 Å². The van der Waals surface area contributed by atoms with Crippen molar-refractivity contribution < 1.29 is 0 Å². The van der Waals surface area contributed by atoms with Crippen LogP contribution in [0, 0.1) is 13.8 Å². The van der Waals surface area contributed by atoms with Gasteiger partial charge >= 0.3 is 0 Å². The third-order valence-electron chi connectivity index (χ3n) is 2.25. The standard InChI is InChI=1S/C11H14N4/c1-8-6-9(2)15(14-8)10-4-5-13-11(7-10)12-3/h4-7H,1-3H3,(H,12,13). The van der Waals surface area contributed by atoms with Crippen molar-refractivity contribution in [2.75, 3.05) is 12.4 Å². The number of anilines is 1. The number of pyridine rings is 1. The van der Waals surface area contributed by atoms with Gasteiger partial charge in [-0.05, 0) is 26.0 Å². The normalized spacial score (nSPS) is 10.3. The van der Waals surface area contributed by atoms with Crippen LogP contribution in [0.25, 0.3) is 5.69 Å². The Labute approximate surface area is 89.0 Å². The quantitative estimate of drug-likeness (QED) is 0.809. The SMILES string of the molecule is CNc1cc(-n2nc(C)cc2C)ccn1. The van der Waals surface area contributed by atoms with Crippen LogP contribution in [0.1, 0.15) is 11.4 Å². The summed E-state index contributed by atoms with van der Waals surface area (Å²) in [4.78, 5) is 4.17. The molecule has 0 bridgehead atoms. The van der Waals surface area contributed by atoms with Crippen molar-refractivity contribution in [3.8, 4) is 5.69 Å². The number of aromatic nitrogens is 3. The number of nitrogens with zero attached hydrogens (tertiary/aromatic N) is 3. The van der Waals surface area contributed by atoms with E-state index in [1.807, 2.05) is 37.7 Å². The molecule has 78 valence electrons. The molecule has 0 saturated carbocycles. The molecule has 4 heteroatoms. The largest absolute Gasteiger partial charge is 0.373 e. The van der Waals surface area contributed by atoms with Crippen LogP contribution in [-0.2, 0) is 0 Å². The second-order valence-electron chi connectivity index (χ2n) is 3.49. The molecular weight excluding hydrogens is 188 g/mol. The number of hydrogen-bond acceptors (Lipinski definition) is 3. The molecule has 0 atom stereocenters. The van der Waals surface area contributed by atoms with Gasteiger partial charge in [-0.2, -0.15) is 5.10 Å². The lowest BCUT2D eigenvalue weighted by molar-refractivity contribution is 0.832. The van der Waals surface area contributed by atoms with Crippen molar-refractivity contribution in [1.29, 1.82) is 0 Å². The molecule has 0 unspecified atom stereocenters. The zero-order valence-corrected chi connectivity index (χ0v) is 9.15. The van der Waals surface area contributed by atoms with Gasteiger partial charge in [0.25, 0.3) is 0 Å². The van der Waals surface area contributed by atoms with Crippen molar-refractivity contribution >= 4 is 5.82 Å². The van der Waals surface area contributed by atoms with Gasteiger partial charge in [0.05, 0.1) is 11.4 Å². The van der Waals surface area contributed by atoms with Crippen molar-refractivity contribution in [2.24, 2.45) is 0 Å². The Bertz CT molecular complexity index is 473. The van der Waals surface area contributed by atoms with Gasteiger partial charge in [-0.25, -0.2) is 9.67 Å². The maximum Gasteiger partial charge on any atom is 0.127 e. The monoisotopic (exact) mass is 202 g/mol. The predicted molar refractivity (Wildman–Crippen MR) is 60.4 cm³/mol. The van der Waals surface area contributed by atoms with Crippen LogP contribution in [0.3, 0.4) is 0 Å². The molecule has 0 aliphatic rings. The van der Waals surface area contributed by atoms with Gasteiger partial charge in [-0.15, -0.1) is 0 Å². The summed E-state index contributed by atoms with van der Waals surface area (Å²) >= 11 is 0. The molecule has 0 fully saturated rings. The Morgan fingerprint density at radius 3 is 2.67 bits per heavy atom. The molecule has 2 aromatic rings. The Kier molecular flexibility index (Phi) is 2.41. The van der Waals surface area contributed by atoms with Gasteiger partial charge in [0.15, 0.2) is 0 Å². The fraction of sp³-hybridized carbons (Fsp3) is 0.273. The summed E-state index contributed by atoms with van der Waals surface area (Å²) in [5, 5.41) is 7.43. The number of nitrogens with one attached hydrogen (secondary N) is 1. The summed E-state index contributed by atoms with van der Waals surface area (Å²) < 4.78 is 1.91. The van der Waals surface area contributed by atoms with Gasteiger partial charge in [0.1, 0.15) is 5.82 Å². The second kappa shape index (κ2) is 3.73. The lowest BCUT2D eigenvalue weighted by atomic mass is 10.3. The van der Waals surface area contributed by atoms with E-state index in [0.29, 0.717) is 0 Å². The minimum Gasteiger partial charge on any atom is -0.373 e. The highest BCUT2D eigenvalue weighted by Gasteiger charge is 2.03. The highest BCUT2D eigenvalue weighted by atomic mass is 15.3. The van der Waals surface area contributed by atoms with E-state index < -0.39 is 0 Å². The van der Waals surface area contributed by atoms with Gasteiger partial charge in [-0.1, -0.05) is 0 Å². The summed E-state index contributed by atoms with van der Waals surface area (Å²) in [5.41, 5.74) is 3.18. The van der Waals surface area contributed by atoms with E-state index in [4.69, 9.17) is 0 Å². The zero-order valence-electron chi connectivity index (χ0n) is 9.15. The fourth-order valence-electron chi connectivity index (χ4n) is 1.58. The molecule has 0 amide bonds. The summed E-state index contributed by atoms with van der Waals surface area (Å²) in [5.74, 6) is 0.847. The van der Waals surface area contributed by atoms with E-state index in [9.17, 15) is 0 Å². The van der Waals surface area contributed by atoms with Crippen molar-refractivity contribution in [3.63, 3.8) is 0 Å². The van der Waals surface area contributed by atoms with Crippen LogP contribution in [0.2, 0.25) is 0 Å². The third kappa shape index (κ3) is 1.83. The highest BCUT2D eigenvalue weighted by Crippen LogP contribution is 2.13. The second-order valence-corrected chi connectivity index (χ2v) is 3.49. The van der Waals surface area contributed by atoms with E-state index in [2.05, 4.69) is 21.5 Å². The topological polar surface area (TPSA) is 42.7 Å². The molecule has 0 spiro atoms. The molecule has 1 N–H and O–H groups in total. The van der Waals surface area contributed by atoms with Gasteiger partial charge in [0, 0.05) is 25.0 Å². The first-order valence-electron chi connectivity index (χ1n) is 4.88. The predicted octanol–water partition coefficient (Wildman–Crippen LogP) is 1.93. The van der Waals surface area contributed by atoms with Crippen molar-refractivity contribution in [1.82, 2.24) is 14.8 Å². The molecule has 0 aliphatic heterocycles. The summed E-state index contributed by atoms with van der Waals surface area (Å²) in [6, 6.07) is 5.97. The van der Waals surface area contributed by atoms with Crippen LogP contribution >= 0.6 is 0 Å². The summed E-state index contributed by atoms with van der Waals surface area (Å²) in [6.45, 7) is 4.03. The average Bonchev–Trinajstić information content (AvgIpc) is 2.58. The molecule has 2 aromatic heterocycles. The van der Waals surface area contributed by atoms with E-state index in [0.717, 1.165) is 22.9 Å². The van der Waals surface area contributed by atoms with Gasteiger partial charge in [0.2, 0.25) is 0 Å². The molecule has 2 rings (SSSR count). The molecule has 4 nitrogen and oxygen atoms in total. The summed E-state index contributed by atoms with van der Waals surface area (Å²) in [6.07, 6.45) is 1.78. The van der Waals surface area contributed by atoms with Crippen LogP contribution in [0.15, 0.2) is 24.4 Å². The Morgan fingerprint density at radius 1 is 1.27 bits per heavy atom. The molecule has 0 saturated heterocycles. The average molecular weight is 202 g/mol. The number of rotatable bonds is 2. The first kappa shape index (κ1) is 9.71. The first-order chi connectivity index (χ1) is 7.20. The molecule has 15 heavy (non-hydrogen) atoms. The number of hydrogen-bond donors (Lipinski definition) is 1. The Balaban J connectivity index is 2.49. The smallest absolute Gasteiger partial charge is 0.127 e. The van der Waals surface area contributed by atoms with E-state index in [1.54, 1.807) is 6.20 Å². The Hall–Kier alpha value is -1.84. The van der Waals surface area contributed by atoms with Crippen LogP contribution in [-0.4, -0.2) is 21.8 Å². The molecule has 0 radical (unpaired) electrons. The lowest BCUT2D eigenvalue weighted by Gasteiger charge is -2.05. The van der Waals surface area contributed by atoms with Crippen LogP contribution in [0.5, 0.6) is 0 Å². The molecular formula is C11H14N4. The third-order valence-corrected chi connectivity index (χ3v) is 2.25.